The van der Waals surface area contributed by atoms with Gasteiger partial charge in [0.2, 0.25) is 5.95 Å². The van der Waals surface area contributed by atoms with Crippen LogP contribution in [-0.2, 0) is 11.8 Å². The van der Waals surface area contributed by atoms with Gasteiger partial charge in [0, 0.05) is 47.8 Å². The number of fused-ring (bicyclic) bond motifs is 2. The minimum atomic E-state index is -0.569. The molecule has 0 radical (unpaired) electrons. The number of pyridine rings is 1. The molecule has 34 heavy (non-hydrogen) atoms. The van der Waals surface area contributed by atoms with Crippen molar-refractivity contribution in [1.82, 2.24) is 15.2 Å². The Bertz CT molecular complexity index is 1300. The summed E-state index contributed by atoms with van der Waals surface area (Å²) in [7, 11) is 0. The molecule has 0 spiro atoms. The Balaban J connectivity index is 1.33. The summed E-state index contributed by atoms with van der Waals surface area (Å²) >= 11 is 0. The van der Waals surface area contributed by atoms with E-state index in [9.17, 15) is 9.18 Å². The van der Waals surface area contributed by atoms with Crippen LogP contribution in [-0.4, -0.2) is 41.5 Å². The number of nitrogens with two attached hydrogens (primary N) is 1. The summed E-state index contributed by atoms with van der Waals surface area (Å²) in [6.45, 7) is 7.40. The van der Waals surface area contributed by atoms with Gasteiger partial charge in [0.15, 0.2) is 0 Å². The maximum atomic E-state index is 14.9. The first-order valence-electron chi connectivity index (χ1n) is 12.1. The summed E-state index contributed by atoms with van der Waals surface area (Å²) in [6.07, 6.45) is 2.00. The number of carbonyl (C=O) groups excluding carboxylic acids is 1. The average Bonchev–Trinajstić information content (AvgIpc) is 3.39. The van der Waals surface area contributed by atoms with Crippen molar-refractivity contribution in [1.29, 1.82) is 0 Å². The number of amides is 1. The smallest absolute Gasteiger partial charge is 0.251 e. The molecule has 1 saturated carbocycles. The monoisotopic (exact) mass is 456 g/mol. The molecule has 3 heterocycles. The molecule has 1 amide bonds. The molecule has 5 nitrogen and oxygen atoms in total. The normalized spacial score (nSPS) is 23.5. The predicted molar refractivity (Wildman–Crippen MR) is 132 cm³/mol. The van der Waals surface area contributed by atoms with Crippen LogP contribution in [0.3, 0.4) is 0 Å². The first-order chi connectivity index (χ1) is 16.4. The lowest BCUT2D eigenvalue weighted by Crippen LogP contribution is -2.32. The van der Waals surface area contributed by atoms with Crippen molar-refractivity contribution in [2.45, 2.75) is 38.1 Å². The molecule has 2 aromatic carbocycles. The Morgan fingerprint density at radius 1 is 1.09 bits per heavy atom. The molecule has 3 aromatic rings. The molecule has 2 atom stereocenters. The number of aromatic nitrogens is 1. The van der Waals surface area contributed by atoms with Gasteiger partial charge in [0.1, 0.15) is 5.82 Å². The Labute approximate surface area is 199 Å². The van der Waals surface area contributed by atoms with E-state index in [0.717, 1.165) is 35.6 Å². The van der Waals surface area contributed by atoms with Gasteiger partial charge in [0.25, 0.3) is 5.91 Å². The maximum absolute atomic E-state index is 14.9. The topological polar surface area (TPSA) is 71.2 Å². The Morgan fingerprint density at radius 3 is 2.59 bits per heavy atom. The standard InChI is InChI=1S/C28H29FN4O/c1-16(2)33-14-21-13-28(21,15-33)20-6-3-17(4-7-20)23-12-24(26(30)32-25(23)29)18-5-8-22-19(11-18)9-10-31-27(22)34/h3-8,11-12,16,21H,9-10,13-15H2,1-2H3,(H2,30,32)(H,31,34)/t21-,28+/m0/s1. The molecule has 6 rings (SSSR count). The van der Waals surface area contributed by atoms with Crippen molar-refractivity contribution >= 4 is 11.7 Å². The lowest BCUT2D eigenvalue weighted by atomic mass is 9.92. The van der Waals surface area contributed by atoms with E-state index in [1.165, 1.54) is 18.5 Å². The number of halogens is 1. The zero-order valence-corrected chi connectivity index (χ0v) is 19.6. The third kappa shape index (κ3) is 3.31. The van der Waals surface area contributed by atoms with E-state index in [1.54, 1.807) is 6.07 Å². The third-order valence-corrected chi connectivity index (χ3v) is 8.02. The molecular weight excluding hydrogens is 427 g/mol. The van der Waals surface area contributed by atoms with E-state index in [0.29, 0.717) is 29.3 Å². The second-order valence-corrected chi connectivity index (χ2v) is 10.3. The van der Waals surface area contributed by atoms with E-state index in [2.05, 4.69) is 41.2 Å². The van der Waals surface area contributed by atoms with E-state index in [-0.39, 0.29) is 17.1 Å². The summed E-state index contributed by atoms with van der Waals surface area (Å²) in [5.41, 5.74) is 12.2. The van der Waals surface area contributed by atoms with Crippen molar-refractivity contribution in [3.63, 3.8) is 0 Å². The second-order valence-electron chi connectivity index (χ2n) is 10.3. The van der Waals surface area contributed by atoms with Gasteiger partial charge >= 0.3 is 0 Å². The molecule has 2 aliphatic heterocycles. The van der Waals surface area contributed by atoms with Crippen LogP contribution in [0.5, 0.6) is 0 Å². The molecule has 6 heteroatoms. The molecule has 2 fully saturated rings. The van der Waals surface area contributed by atoms with E-state index in [4.69, 9.17) is 5.73 Å². The number of hydrogen-bond acceptors (Lipinski definition) is 4. The molecule has 3 aliphatic rings. The van der Waals surface area contributed by atoms with Crippen molar-refractivity contribution in [2.24, 2.45) is 5.92 Å². The first kappa shape index (κ1) is 21.3. The lowest BCUT2D eigenvalue weighted by molar-refractivity contribution is 0.0946. The molecule has 1 aliphatic carbocycles. The molecule has 1 saturated heterocycles. The highest BCUT2D eigenvalue weighted by molar-refractivity contribution is 5.97. The lowest BCUT2D eigenvalue weighted by Gasteiger charge is -2.24. The highest BCUT2D eigenvalue weighted by atomic mass is 19.1. The average molecular weight is 457 g/mol. The van der Waals surface area contributed by atoms with Crippen LogP contribution < -0.4 is 11.1 Å². The van der Waals surface area contributed by atoms with E-state index >= 15 is 0 Å². The number of hydrogen-bond donors (Lipinski definition) is 2. The zero-order chi connectivity index (χ0) is 23.6. The number of nitrogens with one attached hydrogen (secondary N) is 1. The largest absolute Gasteiger partial charge is 0.383 e. The number of rotatable bonds is 4. The molecular formula is C28H29FN4O. The minimum absolute atomic E-state index is 0.0603. The number of benzene rings is 2. The Kier molecular flexibility index (Phi) is 4.78. The van der Waals surface area contributed by atoms with Crippen LogP contribution in [0, 0.1) is 11.9 Å². The van der Waals surface area contributed by atoms with Crippen molar-refractivity contribution < 1.29 is 9.18 Å². The maximum Gasteiger partial charge on any atom is 0.251 e. The van der Waals surface area contributed by atoms with Gasteiger partial charge in [-0.1, -0.05) is 36.4 Å². The molecule has 174 valence electrons. The van der Waals surface area contributed by atoms with Gasteiger partial charge in [-0.25, -0.2) is 4.98 Å². The van der Waals surface area contributed by atoms with Gasteiger partial charge < -0.3 is 11.1 Å². The molecule has 0 bridgehead atoms. The summed E-state index contributed by atoms with van der Waals surface area (Å²) in [4.78, 5) is 18.7. The molecule has 0 unspecified atom stereocenters. The Hall–Kier alpha value is -3.25. The fraction of sp³-hybridized carbons (Fsp3) is 0.357. The van der Waals surface area contributed by atoms with Gasteiger partial charge in [-0.05, 0) is 67.0 Å². The van der Waals surface area contributed by atoms with Crippen molar-refractivity contribution in [3.8, 4) is 22.3 Å². The highest BCUT2D eigenvalue weighted by Crippen LogP contribution is 2.59. The van der Waals surface area contributed by atoms with Crippen LogP contribution in [0.15, 0.2) is 48.5 Å². The minimum Gasteiger partial charge on any atom is -0.383 e. The third-order valence-electron chi connectivity index (χ3n) is 8.02. The molecule has 3 N–H and O–H groups in total. The van der Waals surface area contributed by atoms with E-state index in [1.807, 2.05) is 30.3 Å². The number of nitrogen functional groups attached to an aromatic ring is 1. The summed E-state index contributed by atoms with van der Waals surface area (Å²) in [5, 5.41) is 2.86. The van der Waals surface area contributed by atoms with Crippen LogP contribution in [0.1, 0.15) is 41.8 Å². The van der Waals surface area contributed by atoms with Gasteiger partial charge in [-0.3, -0.25) is 9.69 Å². The van der Waals surface area contributed by atoms with Gasteiger partial charge in [0.05, 0.1) is 0 Å². The van der Waals surface area contributed by atoms with E-state index < -0.39 is 5.95 Å². The second kappa shape index (κ2) is 7.64. The van der Waals surface area contributed by atoms with Crippen LogP contribution in [0.4, 0.5) is 10.2 Å². The number of anilines is 1. The fourth-order valence-corrected chi connectivity index (χ4v) is 5.88. The van der Waals surface area contributed by atoms with Gasteiger partial charge in [-0.15, -0.1) is 0 Å². The quantitative estimate of drug-likeness (QED) is 0.571. The molecule has 1 aromatic heterocycles. The summed E-state index contributed by atoms with van der Waals surface area (Å²) in [6, 6.07) is 16.3. The van der Waals surface area contributed by atoms with Crippen LogP contribution >= 0.6 is 0 Å². The fourth-order valence-electron chi connectivity index (χ4n) is 5.88. The number of likely N-dealkylation sites (tertiary alicyclic amines) is 1. The predicted octanol–water partition coefficient (Wildman–Crippen LogP) is 4.40. The van der Waals surface area contributed by atoms with Gasteiger partial charge in [-0.2, -0.15) is 4.39 Å². The SMILES string of the molecule is CC(C)N1C[C@@H]2C[C@]2(c2ccc(-c3cc(-c4ccc5c(c4)CCNC5=O)c(N)nc3F)cc2)C1. The van der Waals surface area contributed by atoms with Crippen molar-refractivity contribution in [2.75, 3.05) is 25.4 Å². The van der Waals surface area contributed by atoms with Crippen LogP contribution in [0.2, 0.25) is 0 Å². The first-order valence-corrected chi connectivity index (χ1v) is 12.1. The Morgan fingerprint density at radius 2 is 1.85 bits per heavy atom. The zero-order valence-electron chi connectivity index (χ0n) is 19.6. The highest BCUT2D eigenvalue weighted by Gasteiger charge is 2.60. The van der Waals surface area contributed by atoms with Crippen molar-refractivity contribution in [3.05, 3.63) is 71.2 Å². The number of piperidine rings is 1. The number of nitrogens with zero attached hydrogens (tertiary/aromatic N) is 2. The number of carbonyl (C=O) groups is 1. The summed E-state index contributed by atoms with van der Waals surface area (Å²) < 4.78 is 14.9. The summed E-state index contributed by atoms with van der Waals surface area (Å²) in [5.74, 6) is 0.251. The van der Waals surface area contributed by atoms with Crippen LogP contribution in [0.25, 0.3) is 22.3 Å².